The average Bonchev–Trinajstić information content (AvgIpc) is 3.17. The van der Waals surface area contributed by atoms with Crippen LogP contribution in [0, 0.1) is 26.2 Å². The van der Waals surface area contributed by atoms with Gasteiger partial charge in [0.2, 0.25) is 0 Å². The van der Waals surface area contributed by atoms with Crippen LogP contribution in [0.4, 0.5) is 0 Å². The zero-order valence-corrected chi connectivity index (χ0v) is 18.3. The molecule has 1 spiro atoms. The Kier molecular flexibility index (Phi) is 5.31. The Labute approximate surface area is 171 Å². The third-order valence-corrected chi connectivity index (χ3v) is 7.29. The first-order valence-electron chi connectivity index (χ1n) is 10.3. The number of thiazole rings is 1. The number of hydrogen-bond acceptors (Lipinski definition) is 5. The molecule has 2 saturated heterocycles. The average molecular weight is 402 g/mol. The molecule has 6 nitrogen and oxygen atoms in total. The first-order chi connectivity index (χ1) is 13.4. The third-order valence-electron chi connectivity index (χ3n) is 6.46. The van der Waals surface area contributed by atoms with Crippen LogP contribution in [0.5, 0.6) is 0 Å². The van der Waals surface area contributed by atoms with Crippen LogP contribution >= 0.6 is 11.3 Å². The minimum Gasteiger partial charge on any atom is -0.338 e. The van der Waals surface area contributed by atoms with Crippen molar-refractivity contribution in [2.45, 2.75) is 53.0 Å². The highest BCUT2D eigenvalue weighted by Gasteiger charge is 2.41. The Balaban J connectivity index is 1.48. The summed E-state index contributed by atoms with van der Waals surface area (Å²) in [5, 5.41) is 7.77. The molecule has 0 saturated carbocycles. The van der Waals surface area contributed by atoms with Crippen LogP contribution in [0.15, 0.2) is 5.38 Å². The first-order valence-corrected chi connectivity index (χ1v) is 11.2. The summed E-state index contributed by atoms with van der Waals surface area (Å²) in [7, 11) is 1.91. The van der Waals surface area contributed by atoms with Crippen molar-refractivity contribution in [1.29, 1.82) is 0 Å². The summed E-state index contributed by atoms with van der Waals surface area (Å²) in [4.78, 5) is 22.6. The van der Waals surface area contributed by atoms with Gasteiger partial charge in [-0.3, -0.25) is 14.4 Å². The molecule has 2 aromatic rings. The maximum absolute atomic E-state index is 13.3. The Morgan fingerprint density at radius 1 is 1.18 bits per heavy atom. The number of nitrogens with zero attached hydrogens (tertiary/aromatic N) is 5. The van der Waals surface area contributed by atoms with Crippen molar-refractivity contribution < 1.29 is 4.79 Å². The summed E-state index contributed by atoms with van der Waals surface area (Å²) in [5.74, 6) is 0.162. The number of rotatable bonds is 3. The number of likely N-dealkylation sites (tertiary alicyclic amines) is 2. The maximum atomic E-state index is 13.3. The molecule has 2 fully saturated rings. The minimum atomic E-state index is 0.162. The molecule has 28 heavy (non-hydrogen) atoms. The monoisotopic (exact) mass is 401 g/mol. The van der Waals surface area contributed by atoms with Gasteiger partial charge in [-0.25, -0.2) is 4.98 Å². The Morgan fingerprint density at radius 3 is 2.57 bits per heavy atom. The van der Waals surface area contributed by atoms with Gasteiger partial charge in [-0.15, -0.1) is 11.3 Å². The van der Waals surface area contributed by atoms with Crippen molar-refractivity contribution in [2.24, 2.45) is 12.5 Å². The molecule has 2 aliphatic rings. The van der Waals surface area contributed by atoms with E-state index in [4.69, 9.17) is 0 Å². The van der Waals surface area contributed by atoms with Crippen LogP contribution in [0.25, 0.3) is 0 Å². The molecule has 152 valence electrons. The van der Waals surface area contributed by atoms with E-state index in [0.29, 0.717) is 0 Å². The highest BCUT2D eigenvalue weighted by Crippen LogP contribution is 2.39. The van der Waals surface area contributed by atoms with Gasteiger partial charge in [0, 0.05) is 49.7 Å². The Morgan fingerprint density at radius 2 is 1.93 bits per heavy atom. The van der Waals surface area contributed by atoms with Crippen molar-refractivity contribution >= 4 is 17.2 Å². The predicted molar refractivity (Wildman–Crippen MR) is 112 cm³/mol. The lowest BCUT2D eigenvalue weighted by Crippen LogP contribution is -2.53. The summed E-state index contributed by atoms with van der Waals surface area (Å²) >= 11 is 1.73. The van der Waals surface area contributed by atoms with E-state index in [0.717, 1.165) is 61.1 Å². The molecule has 0 bridgehead atoms. The first kappa shape index (κ1) is 19.6. The van der Waals surface area contributed by atoms with Crippen molar-refractivity contribution in [2.75, 3.05) is 26.2 Å². The fourth-order valence-corrected chi connectivity index (χ4v) is 5.71. The molecule has 1 amide bonds. The van der Waals surface area contributed by atoms with Gasteiger partial charge in [-0.1, -0.05) is 0 Å². The number of amides is 1. The van der Waals surface area contributed by atoms with Gasteiger partial charge in [0.1, 0.15) is 0 Å². The topological polar surface area (TPSA) is 54.3 Å². The zero-order chi connectivity index (χ0) is 19.9. The van der Waals surface area contributed by atoms with E-state index >= 15 is 0 Å². The van der Waals surface area contributed by atoms with E-state index < -0.39 is 0 Å². The standard InChI is InChI=1S/C21H31N5OS/c1-15-19(16(2)24(4)23-15)20(27)26-10-6-8-21(14-26)7-5-9-25(13-21)11-18-12-28-17(3)22-18/h12H,5-11,13-14H2,1-4H3. The summed E-state index contributed by atoms with van der Waals surface area (Å²) in [6.07, 6.45) is 4.73. The van der Waals surface area contributed by atoms with Gasteiger partial charge in [0.05, 0.1) is 22.0 Å². The number of hydrogen-bond donors (Lipinski definition) is 0. The molecule has 4 rings (SSSR count). The number of piperidine rings is 2. The van der Waals surface area contributed by atoms with Gasteiger partial charge >= 0.3 is 0 Å². The second-order valence-corrected chi connectivity index (χ2v) is 9.73. The van der Waals surface area contributed by atoms with E-state index in [1.54, 1.807) is 11.3 Å². The molecule has 0 radical (unpaired) electrons. The Bertz CT molecular complexity index is 868. The van der Waals surface area contributed by atoms with Gasteiger partial charge < -0.3 is 4.90 Å². The molecule has 0 N–H and O–H groups in total. The largest absolute Gasteiger partial charge is 0.338 e. The minimum absolute atomic E-state index is 0.162. The molecule has 4 heterocycles. The predicted octanol–water partition coefficient (Wildman–Crippen LogP) is 3.32. The highest BCUT2D eigenvalue weighted by atomic mass is 32.1. The van der Waals surface area contributed by atoms with Gasteiger partial charge in [0.15, 0.2) is 0 Å². The van der Waals surface area contributed by atoms with E-state index in [9.17, 15) is 4.79 Å². The van der Waals surface area contributed by atoms with Crippen molar-refractivity contribution in [3.63, 3.8) is 0 Å². The van der Waals surface area contributed by atoms with E-state index in [-0.39, 0.29) is 11.3 Å². The van der Waals surface area contributed by atoms with Gasteiger partial charge in [0.25, 0.3) is 5.91 Å². The lowest BCUT2D eigenvalue weighted by Gasteiger charge is -2.48. The van der Waals surface area contributed by atoms with Gasteiger partial charge in [-0.2, -0.15) is 5.10 Å². The lowest BCUT2D eigenvalue weighted by atomic mass is 9.73. The fourth-order valence-electron chi connectivity index (χ4n) is 5.11. The molecular weight excluding hydrogens is 370 g/mol. The summed E-state index contributed by atoms with van der Waals surface area (Å²) in [6.45, 7) is 10.9. The molecule has 7 heteroatoms. The second-order valence-electron chi connectivity index (χ2n) is 8.67. The SMILES string of the molecule is Cc1nc(CN2CCCC3(CCCN(C(=O)c4c(C)nn(C)c4C)C3)C2)cs1. The molecule has 2 aliphatic heterocycles. The molecular formula is C21H31N5OS. The van der Waals surface area contributed by atoms with Crippen LogP contribution in [0.3, 0.4) is 0 Å². The molecule has 2 aromatic heterocycles. The molecule has 0 aromatic carbocycles. The number of aromatic nitrogens is 3. The van der Waals surface area contributed by atoms with Gasteiger partial charge in [-0.05, 0) is 53.0 Å². The maximum Gasteiger partial charge on any atom is 0.257 e. The summed E-state index contributed by atoms with van der Waals surface area (Å²) < 4.78 is 1.82. The fraction of sp³-hybridized carbons (Fsp3) is 0.667. The van der Waals surface area contributed by atoms with E-state index in [1.165, 1.54) is 25.0 Å². The molecule has 0 aliphatic carbocycles. The number of carbonyl (C=O) groups is 1. The number of aryl methyl sites for hydroxylation is 3. The molecule has 1 unspecified atom stereocenters. The van der Waals surface area contributed by atoms with Crippen LogP contribution in [-0.4, -0.2) is 56.7 Å². The summed E-state index contributed by atoms with van der Waals surface area (Å²) in [5.41, 5.74) is 4.01. The summed E-state index contributed by atoms with van der Waals surface area (Å²) in [6, 6.07) is 0. The van der Waals surface area contributed by atoms with Crippen molar-refractivity contribution in [1.82, 2.24) is 24.6 Å². The van der Waals surface area contributed by atoms with Crippen LogP contribution in [0.2, 0.25) is 0 Å². The lowest BCUT2D eigenvalue weighted by molar-refractivity contribution is 0.0110. The normalized spacial score (nSPS) is 23.5. The van der Waals surface area contributed by atoms with Crippen LogP contribution < -0.4 is 0 Å². The Hall–Kier alpha value is -1.73. The quantitative estimate of drug-likeness (QED) is 0.792. The number of carbonyl (C=O) groups excluding carboxylic acids is 1. The van der Waals surface area contributed by atoms with Crippen molar-refractivity contribution in [3.05, 3.63) is 33.0 Å². The van der Waals surface area contributed by atoms with E-state index in [2.05, 4.69) is 32.2 Å². The molecule has 1 atom stereocenters. The second kappa shape index (κ2) is 7.59. The smallest absolute Gasteiger partial charge is 0.257 e. The van der Waals surface area contributed by atoms with Crippen LogP contribution in [-0.2, 0) is 13.6 Å². The zero-order valence-electron chi connectivity index (χ0n) is 17.5. The highest BCUT2D eigenvalue weighted by molar-refractivity contribution is 7.09. The third kappa shape index (κ3) is 3.74. The van der Waals surface area contributed by atoms with Crippen LogP contribution in [0.1, 0.15) is 58.1 Å². The van der Waals surface area contributed by atoms with E-state index in [1.807, 2.05) is 25.6 Å². The van der Waals surface area contributed by atoms with Crippen molar-refractivity contribution in [3.8, 4) is 0 Å².